The lowest BCUT2D eigenvalue weighted by Crippen LogP contribution is -2.05. The Kier molecular flexibility index (Phi) is 5.71. The number of hydrogen-bond donors (Lipinski definition) is 0. The highest BCUT2D eigenvalue weighted by atomic mass is 16.5. The van der Waals surface area contributed by atoms with Crippen molar-refractivity contribution >= 4 is 28.7 Å². The lowest BCUT2D eigenvalue weighted by molar-refractivity contribution is -0.136. The fourth-order valence-corrected chi connectivity index (χ4v) is 3.73. The number of carbonyl (C=O) groups excluding carboxylic acids is 2. The van der Waals surface area contributed by atoms with Crippen molar-refractivity contribution in [1.29, 1.82) is 0 Å². The molecule has 0 heterocycles. The van der Waals surface area contributed by atoms with E-state index in [1.165, 1.54) is 0 Å². The summed E-state index contributed by atoms with van der Waals surface area (Å²) in [6.07, 6.45) is 0.448. The van der Waals surface area contributed by atoms with Crippen LogP contribution in [0, 0.1) is 0 Å². The summed E-state index contributed by atoms with van der Waals surface area (Å²) in [5.41, 5.74) is 4.82. The summed E-state index contributed by atoms with van der Waals surface area (Å²) in [7, 11) is 0. The van der Waals surface area contributed by atoms with Gasteiger partial charge in [0.2, 0.25) is 0 Å². The molecule has 30 heavy (non-hydrogen) atoms. The monoisotopic (exact) mass is 394 g/mol. The largest absolute Gasteiger partial charge is 0.426 e. The molecule has 1 aliphatic rings. The summed E-state index contributed by atoms with van der Waals surface area (Å²) in [5.74, 6) is 0.158. The fraction of sp³-hybridized carbons (Fsp3) is 0.111. The second-order valence-electron chi connectivity index (χ2n) is 7.08. The molecule has 0 aliphatic heterocycles. The number of esters is 1. The number of carbonyl (C=O) groups is 2. The molecule has 0 atom stereocenters. The highest BCUT2D eigenvalue weighted by Gasteiger charge is 2.33. The third kappa shape index (κ3) is 3.87. The molecule has 3 nitrogen and oxygen atoms in total. The van der Waals surface area contributed by atoms with E-state index in [0.29, 0.717) is 11.3 Å². The Labute approximate surface area is 176 Å². The molecular formula is C27H22O3. The Morgan fingerprint density at radius 2 is 1.27 bits per heavy atom. The Hall–Kier alpha value is -3.72. The summed E-state index contributed by atoms with van der Waals surface area (Å²) in [6.45, 7) is 1.76. The van der Waals surface area contributed by atoms with Gasteiger partial charge in [0.25, 0.3) is 0 Å². The van der Waals surface area contributed by atoms with E-state index >= 15 is 0 Å². The molecule has 0 amide bonds. The van der Waals surface area contributed by atoms with Crippen molar-refractivity contribution < 1.29 is 14.3 Å². The average molecular weight is 394 g/mol. The summed E-state index contributed by atoms with van der Waals surface area (Å²) >= 11 is 0. The van der Waals surface area contributed by atoms with Gasteiger partial charge in [-0.15, -0.1) is 0 Å². The Balaban J connectivity index is 2.02. The molecule has 1 aliphatic carbocycles. The van der Waals surface area contributed by atoms with E-state index in [2.05, 4.69) is 0 Å². The second-order valence-corrected chi connectivity index (χ2v) is 7.08. The standard InChI is InChI=1S/C27H22O3/c1-2-24(29)30-27(21-16-10-5-11-17-21)22-18-23(28)26(20-14-8-4-9-15-20)25(22)19-12-6-3-7-13-19/h3-17H,2,18H2,1H3/b27-22-. The highest BCUT2D eigenvalue weighted by molar-refractivity contribution is 6.36. The molecule has 0 N–H and O–H groups in total. The third-order valence-electron chi connectivity index (χ3n) is 5.11. The smallest absolute Gasteiger partial charge is 0.310 e. The quantitative estimate of drug-likeness (QED) is 0.398. The van der Waals surface area contributed by atoms with E-state index in [-0.39, 0.29) is 24.6 Å². The first kappa shape index (κ1) is 19.6. The Morgan fingerprint density at radius 3 is 1.80 bits per heavy atom. The minimum atomic E-state index is -0.325. The van der Waals surface area contributed by atoms with Crippen LogP contribution in [0.4, 0.5) is 0 Å². The van der Waals surface area contributed by atoms with Gasteiger partial charge in [0.15, 0.2) is 5.78 Å². The van der Waals surface area contributed by atoms with E-state index in [1.54, 1.807) is 6.92 Å². The van der Waals surface area contributed by atoms with Crippen LogP contribution < -0.4 is 0 Å². The maximum absolute atomic E-state index is 13.2. The van der Waals surface area contributed by atoms with E-state index < -0.39 is 0 Å². The van der Waals surface area contributed by atoms with Gasteiger partial charge in [0.05, 0.1) is 0 Å². The molecule has 3 heteroatoms. The molecule has 0 unspecified atom stereocenters. The van der Waals surface area contributed by atoms with Gasteiger partial charge < -0.3 is 4.74 Å². The number of rotatable bonds is 5. The van der Waals surface area contributed by atoms with Crippen LogP contribution in [0.3, 0.4) is 0 Å². The SMILES string of the molecule is CCC(=O)O/C(=C1/CC(=O)C(c2ccccc2)=C1c1ccccc1)c1ccccc1. The maximum atomic E-state index is 13.2. The normalized spacial score (nSPS) is 15.3. The minimum Gasteiger partial charge on any atom is -0.426 e. The van der Waals surface area contributed by atoms with Crippen LogP contribution in [-0.4, -0.2) is 11.8 Å². The average Bonchev–Trinajstić information content (AvgIpc) is 3.15. The Morgan fingerprint density at radius 1 is 0.767 bits per heavy atom. The van der Waals surface area contributed by atoms with Crippen LogP contribution in [0.15, 0.2) is 96.6 Å². The summed E-state index contributed by atoms with van der Waals surface area (Å²) in [6, 6.07) is 29.0. The lowest BCUT2D eigenvalue weighted by Gasteiger charge is -2.15. The van der Waals surface area contributed by atoms with Gasteiger partial charge in [-0.3, -0.25) is 9.59 Å². The molecule has 0 spiro atoms. The van der Waals surface area contributed by atoms with Crippen molar-refractivity contribution in [2.24, 2.45) is 0 Å². The van der Waals surface area contributed by atoms with Gasteiger partial charge in [-0.25, -0.2) is 0 Å². The lowest BCUT2D eigenvalue weighted by atomic mass is 9.93. The number of ketones is 1. The van der Waals surface area contributed by atoms with Gasteiger partial charge in [0, 0.05) is 35.1 Å². The number of benzene rings is 3. The molecule has 0 saturated heterocycles. The van der Waals surface area contributed by atoms with Crippen molar-refractivity contribution in [3.05, 3.63) is 113 Å². The van der Waals surface area contributed by atoms with Gasteiger partial charge in [-0.2, -0.15) is 0 Å². The number of allylic oxidation sites excluding steroid dienone is 3. The topological polar surface area (TPSA) is 43.4 Å². The summed E-state index contributed by atoms with van der Waals surface area (Å²) in [4.78, 5) is 25.5. The zero-order valence-corrected chi connectivity index (χ0v) is 16.8. The van der Waals surface area contributed by atoms with Crippen molar-refractivity contribution in [3.8, 4) is 0 Å². The molecule has 4 rings (SSSR count). The molecule has 0 saturated carbocycles. The van der Waals surface area contributed by atoms with E-state index in [0.717, 1.165) is 27.8 Å². The summed E-state index contributed by atoms with van der Waals surface area (Å²) in [5, 5.41) is 0. The van der Waals surface area contributed by atoms with E-state index in [9.17, 15) is 9.59 Å². The van der Waals surface area contributed by atoms with Gasteiger partial charge in [0.1, 0.15) is 5.76 Å². The zero-order chi connectivity index (χ0) is 20.9. The predicted octanol–water partition coefficient (Wildman–Crippen LogP) is 5.93. The van der Waals surface area contributed by atoms with Crippen LogP contribution in [-0.2, 0) is 14.3 Å². The molecule has 0 radical (unpaired) electrons. The van der Waals surface area contributed by atoms with Crippen LogP contribution >= 0.6 is 0 Å². The van der Waals surface area contributed by atoms with Crippen molar-refractivity contribution in [2.45, 2.75) is 19.8 Å². The van der Waals surface area contributed by atoms with Gasteiger partial charge in [-0.05, 0) is 11.1 Å². The van der Waals surface area contributed by atoms with E-state index in [1.807, 2.05) is 91.0 Å². The van der Waals surface area contributed by atoms with E-state index in [4.69, 9.17) is 4.74 Å². The van der Waals surface area contributed by atoms with Crippen molar-refractivity contribution in [3.63, 3.8) is 0 Å². The molecule has 3 aromatic carbocycles. The minimum absolute atomic E-state index is 0.0241. The zero-order valence-electron chi connectivity index (χ0n) is 16.8. The second kappa shape index (κ2) is 8.75. The molecule has 3 aromatic rings. The van der Waals surface area contributed by atoms with Crippen LogP contribution in [0.1, 0.15) is 36.5 Å². The first-order valence-corrected chi connectivity index (χ1v) is 10.1. The molecule has 0 aromatic heterocycles. The van der Waals surface area contributed by atoms with Crippen molar-refractivity contribution in [1.82, 2.24) is 0 Å². The molecule has 0 fully saturated rings. The number of ether oxygens (including phenoxy) is 1. The predicted molar refractivity (Wildman–Crippen MR) is 119 cm³/mol. The van der Waals surface area contributed by atoms with Gasteiger partial charge >= 0.3 is 5.97 Å². The molecular weight excluding hydrogens is 372 g/mol. The Bertz CT molecular complexity index is 1120. The number of hydrogen-bond acceptors (Lipinski definition) is 3. The maximum Gasteiger partial charge on any atom is 0.310 e. The van der Waals surface area contributed by atoms with Crippen molar-refractivity contribution in [2.75, 3.05) is 0 Å². The van der Waals surface area contributed by atoms with Gasteiger partial charge in [-0.1, -0.05) is 97.9 Å². The molecule has 0 bridgehead atoms. The van der Waals surface area contributed by atoms with Crippen LogP contribution in [0.2, 0.25) is 0 Å². The molecule has 148 valence electrons. The first-order valence-electron chi connectivity index (χ1n) is 10.1. The fourth-order valence-electron chi connectivity index (χ4n) is 3.73. The number of Topliss-reactive ketones (excluding diaryl/α,β-unsaturated/α-hetero) is 1. The van der Waals surface area contributed by atoms with Crippen LogP contribution in [0.5, 0.6) is 0 Å². The van der Waals surface area contributed by atoms with Crippen LogP contribution in [0.25, 0.3) is 16.9 Å². The first-order chi connectivity index (χ1) is 14.7. The third-order valence-corrected chi connectivity index (χ3v) is 5.11. The highest BCUT2D eigenvalue weighted by Crippen LogP contribution is 2.45. The summed E-state index contributed by atoms with van der Waals surface area (Å²) < 4.78 is 5.81.